The predicted molar refractivity (Wildman–Crippen MR) is 69.8 cm³/mol. The van der Waals surface area contributed by atoms with Gasteiger partial charge in [-0.1, -0.05) is 13.8 Å². The first-order valence-electron chi connectivity index (χ1n) is 5.79. The van der Waals surface area contributed by atoms with E-state index in [-0.39, 0.29) is 11.0 Å². The molecule has 4 heteroatoms. The summed E-state index contributed by atoms with van der Waals surface area (Å²) in [5.41, 5.74) is 6.37. The topological polar surface area (TPSA) is 54.0 Å². The number of nitrogens with zero attached hydrogens (tertiary/aromatic N) is 3. The molecule has 0 amide bonds. The Labute approximate surface area is 98.6 Å². The fourth-order valence-corrected chi connectivity index (χ4v) is 2.44. The number of hydrogen-bond donors (Lipinski definition) is 1. The minimum Gasteiger partial charge on any atom is -0.325 e. The van der Waals surface area contributed by atoms with Gasteiger partial charge in [0.1, 0.15) is 6.34 Å². The highest BCUT2D eigenvalue weighted by Crippen LogP contribution is 2.48. The van der Waals surface area contributed by atoms with E-state index in [0.29, 0.717) is 5.92 Å². The summed E-state index contributed by atoms with van der Waals surface area (Å²) in [5, 5.41) is 5.75. The Kier molecular flexibility index (Phi) is 3.73. The van der Waals surface area contributed by atoms with Crippen molar-refractivity contribution in [2.75, 3.05) is 13.6 Å². The van der Waals surface area contributed by atoms with Crippen molar-refractivity contribution in [3.63, 3.8) is 0 Å². The lowest BCUT2D eigenvalue weighted by atomic mass is 9.72. The average Bonchev–Trinajstić information content (AvgIpc) is 2.39. The van der Waals surface area contributed by atoms with Gasteiger partial charge in [0.05, 0.1) is 0 Å². The van der Waals surface area contributed by atoms with Gasteiger partial charge in [0, 0.05) is 25.8 Å². The molecule has 0 unspecified atom stereocenters. The molecular formula is C12H24N4. The maximum absolute atomic E-state index is 6.34. The van der Waals surface area contributed by atoms with E-state index in [4.69, 9.17) is 5.73 Å². The minimum absolute atomic E-state index is 0.0894. The molecule has 2 N–H and O–H groups in total. The van der Waals surface area contributed by atoms with Crippen LogP contribution in [0.4, 0.5) is 0 Å². The molecule has 1 aliphatic carbocycles. The van der Waals surface area contributed by atoms with Gasteiger partial charge in [0.15, 0.2) is 0 Å². The van der Waals surface area contributed by atoms with E-state index < -0.39 is 0 Å². The lowest BCUT2D eigenvalue weighted by Crippen LogP contribution is -2.49. The van der Waals surface area contributed by atoms with Crippen molar-refractivity contribution >= 4 is 13.1 Å². The molecule has 0 saturated heterocycles. The van der Waals surface area contributed by atoms with Crippen LogP contribution in [0.3, 0.4) is 0 Å². The van der Waals surface area contributed by atoms with Crippen LogP contribution in [0, 0.1) is 11.3 Å². The number of rotatable bonds is 4. The zero-order valence-corrected chi connectivity index (χ0v) is 10.9. The lowest BCUT2D eigenvalue weighted by Gasteiger charge is -2.39. The minimum atomic E-state index is -0.0894. The van der Waals surface area contributed by atoms with Crippen molar-refractivity contribution in [3.8, 4) is 0 Å². The highest BCUT2D eigenvalue weighted by atomic mass is 15.4. The first-order chi connectivity index (χ1) is 7.35. The summed E-state index contributed by atoms with van der Waals surface area (Å²) in [7, 11) is 1.74. The molecule has 0 heterocycles. The highest BCUT2D eigenvalue weighted by Gasteiger charge is 2.49. The molecule has 0 spiro atoms. The molecule has 1 saturated carbocycles. The molecule has 1 fully saturated rings. The van der Waals surface area contributed by atoms with E-state index in [9.17, 15) is 0 Å². The van der Waals surface area contributed by atoms with Crippen LogP contribution in [0.5, 0.6) is 0 Å². The highest BCUT2D eigenvalue weighted by molar-refractivity contribution is 5.55. The summed E-state index contributed by atoms with van der Waals surface area (Å²) < 4.78 is 0. The van der Waals surface area contributed by atoms with E-state index >= 15 is 0 Å². The Morgan fingerprint density at radius 1 is 1.50 bits per heavy atom. The first kappa shape index (κ1) is 13.2. The second-order valence-electron chi connectivity index (χ2n) is 5.51. The number of aliphatic imine (C=N–C) groups is 1. The SMILES string of the molecule is C=NN(C=NC)C[C@@H]1CC[C@](C)(N)C1(C)C. The number of hydrazone groups is 1. The predicted octanol–water partition coefficient (Wildman–Crippen LogP) is 1.72. The van der Waals surface area contributed by atoms with Gasteiger partial charge in [-0.25, -0.2) is 0 Å². The molecule has 16 heavy (non-hydrogen) atoms. The zero-order chi connectivity index (χ0) is 12.4. The van der Waals surface area contributed by atoms with Crippen molar-refractivity contribution in [3.05, 3.63) is 0 Å². The number of hydrogen-bond acceptors (Lipinski definition) is 3. The van der Waals surface area contributed by atoms with Crippen LogP contribution < -0.4 is 5.73 Å². The van der Waals surface area contributed by atoms with E-state index in [2.05, 4.69) is 37.6 Å². The largest absolute Gasteiger partial charge is 0.325 e. The molecule has 0 aromatic heterocycles. The molecule has 0 aliphatic heterocycles. The monoisotopic (exact) mass is 224 g/mol. The van der Waals surface area contributed by atoms with Crippen LogP contribution in [0.1, 0.15) is 33.6 Å². The zero-order valence-electron chi connectivity index (χ0n) is 10.9. The Morgan fingerprint density at radius 2 is 2.12 bits per heavy atom. The third-order valence-corrected chi connectivity index (χ3v) is 4.34. The van der Waals surface area contributed by atoms with Crippen molar-refractivity contribution in [2.24, 2.45) is 27.2 Å². The van der Waals surface area contributed by atoms with Gasteiger partial charge >= 0.3 is 0 Å². The maximum atomic E-state index is 6.34. The van der Waals surface area contributed by atoms with Crippen LogP contribution >= 0.6 is 0 Å². The Balaban J connectivity index is 2.73. The van der Waals surface area contributed by atoms with Crippen LogP contribution in [0.15, 0.2) is 10.1 Å². The van der Waals surface area contributed by atoms with Gasteiger partial charge < -0.3 is 5.73 Å². The summed E-state index contributed by atoms with van der Waals surface area (Å²) in [6.45, 7) is 11.0. The second kappa shape index (κ2) is 4.53. The molecule has 0 aromatic carbocycles. The van der Waals surface area contributed by atoms with Gasteiger partial charge in [-0.3, -0.25) is 10.0 Å². The van der Waals surface area contributed by atoms with Gasteiger partial charge in [-0.15, -0.1) is 0 Å². The van der Waals surface area contributed by atoms with E-state index in [1.165, 1.54) is 0 Å². The van der Waals surface area contributed by atoms with Crippen LogP contribution in [0.2, 0.25) is 0 Å². The van der Waals surface area contributed by atoms with Crippen LogP contribution in [-0.2, 0) is 0 Å². The standard InChI is InChI=1S/C12H24N4/c1-11(2)10(6-7-12(11,3)13)8-16(15-5)9-14-4/h9-10H,5-8,13H2,1-4H3/t10-,12-/m0/s1. The first-order valence-corrected chi connectivity index (χ1v) is 5.79. The Hall–Kier alpha value is -0.900. The van der Waals surface area contributed by atoms with Crippen molar-refractivity contribution in [2.45, 2.75) is 39.2 Å². The summed E-state index contributed by atoms with van der Waals surface area (Å²) >= 11 is 0. The fourth-order valence-electron chi connectivity index (χ4n) is 2.44. The quantitative estimate of drug-likeness (QED) is 0.449. The Morgan fingerprint density at radius 3 is 2.50 bits per heavy atom. The van der Waals surface area contributed by atoms with Crippen molar-refractivity contribution < 1.29 is 0 Å². The molecule has 92 valence electrons. The lowest BCUT2D eigenvalue weighted by molar-refractivity contribution is 0.144. The fraction of sp³-hybridized carbons (Fsp3) is 0.833. The third-order valence-electron chi connectivity index (χ3n) is 4.34. The average molecular weight is 224 g/mol. The summed E-state index contributed by atoms with van der Waals surface area (Å²) in [6.07, 6.45) is 3.93. The molecule has 2 atom stereocenters. The van der Waals surface area contributed by atoms with Crippen LogP contribution in [-0.4, -0.2) is 37.2 Å². The molecule has 0 radical (unpaired) electrons. The van der Waals surface area contributed by atoms with E-state index in [1.54, 1.807) is 18.4 Å². The van der Waals surface area contributed by atoms with Gasteiger partial charge in [0.25, 0.3) is 0 Å². The number of nitrogens with two attached hydrogens (primary N) is 1. The molecule has 4 nitrogen and oxygen atoms in total. The smallest absolute Gasteiger partial charge is 0.105 e. The molecule has 0 bridgehead atoms. The summed E-state index contributed by atoms with van der Waals surface area (Å²) in [6, 6.07) is 0. The second-order valence-corrected chi connectivity index (χ2v) is 5.51. The molecular weight excluding hydrogens is 200 g/mol. The summed E-state index contributed by atoms with van der Waals surface area (Å²) in [4.78, 5) is 3.97. The van der Waals surface area contributed by atoms with Crippen LogP contribution in [0.25, 0.3) is 0 Å². The summed E-state index contributed by atoms with van der Waals surface area (Å²) in [5.74, 6) is 0.533. The molecule has 1 aliphatic rings. The third kappa shape index (κ3) is 2.26. The van der Waals surface area contributed by atoms with E-state index in [1.807, 2.05) is 0 Å². The molecule has 1 rings (SSSR count). The van der Waals surface area contributed by atoms with E-state index in [0.717, 1.165) is 19.4 Å². The van der Waals surface area contributed by atoms with Crippen molar-refractivity contribution in [1.82, 2.24) is 5.01 Å². The maximum Gasteiger partial charge on any atom is 0.105 e. The normalized spacial score (nSPS) is 33.2. The van der Waals surface area contributed by atoms with Gasteiger partial charge in [-0.05, 0) is 31.1 Å². The van der Waals surface area contributed by atoms with Crippen molar-refractivity contribution in [1.29, 1.82) is 0 Å². The molecule has 0 aromatic rings. The Bertz CT molecular complexity index is 281. The van der Waals surface area contributed by atoms with Gasteiger partial charge in [-0.2, -0.15) is 5.10 Å². The van der Waals surface area contributed by atoms with Gasteiger partial charge in [0.2, 0.25) is 0 Å².